The van der Waals surface area contributed by atoms with Gasteiger partial charge in [-0.25, -0.2) is 14.4 Å². The van der Waals surface area contributed by atoms with E-state index in [-0.39, 0.29) is 118 Å². The summed E-state index contributed by atoms with van der Waals surface area (Å²) in [5.74, 6) is -0.806. The third-order valence-corrected chi connectivity index (χ3v) is 5.91. The van der Waals surface area contributed by atoms with Crippen LogP contribution in [0.5, 0.6) is 23.0 Å². The van der Waals surface area contributed by atoms with Crippen LogP contribution in [0.1, 0.15) is 43.6 Å². The summed E-state index contributed by atoms with van der Waals surface area (Å²) in [5, 5.41) is 5.60. The molecule has 3 heterocycles. The number of fused-ring (bicyclic) bond motifs is 1. The van der Waals surface area contributed by atoms with Crippen molar-refractivity contribution in [2.45, 2.75) is 49.2 Å². The zero-order chi connectivity index (χ0) is 29.2. The number of hydrogen-bond acceptors (Lipinski definition) is 14. The number of ether oxygens (including phenoxy) is 4. The molecular weight excluding hydrogens is 648 g/mol. The topological polar surface area (TPSA) is 192 Å². The van der Waals surface area contributed by atoms with Gasteiger partial charge in [-0.15, -0.1) is 0 Å². The number of rotatable bonds is 10. The summed E-state index contributed by atoms with van der Waals surface area (Å²) in [6.07, 6.45) is 0.920. The van der Waals surface area contributed by atoms with Crippen LogP contribution in [0.15, 0.2) is 30.5 Å². The normalized spacial score (nSPS) is 12.3. The number of benzene rings is 1. The number of carbonyl (C=O) groups is 1. The van der Waals surface area contributed by atoms with E-state index in [2.05, 4.69) is 30.1 Å². The fourth-order valence-corrected chi connectivity index (χ4v) is 3.94. The molecule has 3 aromatic rings. The molecule has 1 aromatic carbocycles. The molecule has 0 unspecified atom stereocenters. The van der Waals surface area contributed by atoms with Crippen molar-refractivity contribution < 1.29 is 106 Å². The SMILES string of the molecule is C.C.C.C.COc1cc(Nc2ncc(F)c(Nc3ccc4c(n3)N(COP(=O)([O-])[O-])C(=O)C(C)(C)O4)n2)cc(OC)c1OC.[Na+].[Na+]. The molecular formula is C27H40FN6Na2O9P. The molecule has 0 saturated carbocycles. The Morgan fingerprint density at radius 1 is 0.978 bits per heavy atom. The van der Waals surface area contributed by atoms with Gasteiger partial charge in [-0.05, 0) is 26.0 Å². The third kappa shape index (κ3) is 11.2. The first kappa shape index (κ1) is 48.2. The first-order valence-electron chi connectivity index (χ1n) is 11.4. The second kappa shape index (κ2) is 19.5. The van der Waals surface area contributed by atoms with Gasteiger partial charge in [-0.2, -0.15) is 4.98 Å². The van der Waals surface area contributed by atoms with E-state index < -0.39 is 31.9 Å². The standard InChI is InChI=1S/C23H26FN6O9P.4CH4.2Na/c1-23(2)21(31)30(11-38-40(32,33)34)20-14(39-23)6-7-17(28-20)27-19-13(24)10-25-22(29-19)26-12-8-15(35-3)18(37-5)16(9-12)36-4;;;;;;/h6-10H,11H2,1-5H3,(H2,32,33,34)(H2,25,26,27,28,29);4*1H4;;/q;;;;;2*+1/p-2. The number of nitrogens with one attached hydrogen (secondary N) is 2. The summed E-state index contributed by atoms with van der Waals surface area (Å²) in [6.45, 7) is 1.97. The number of carbonyl (C=O) groups excluding carboxylic acids is 1. The minimum atomic E-state index is -5.41. The molecule has 19 heteroatoms. The van der Waals surface area contributed by atoms with Crippen LogP contribution in [0.3, 0.4) is 0 Å². The zero-order valence-electron chi connectivity index (χ0n) is 23.9. The predicted molar refractivity (Wildman–Crippen MR) is 162 cm³/mol. The number of hydrogen-bond donors (Lipinski definition) is 2. The quantitative estimate of drug-likeness (QED) is 0.183. The van der Waals surface area contributed by atoms with Gasteiger partial charge in [0.1, 0.15) is 12.5 Å². The number of aromatic nitrogens is 3. The number of halogens is 1. The summed E-state index contributed by atoms with van der Waals surface area (Å²) in [4.78, 5) is 48.1. The van der Waals surface area contributed by atoms with E-state index in [1.54, 1.807) is 12.1 Å². The predicted octanol–water partition coefficient (Wildman–Crippen LogP) is -1.62. The number of pyridine rings is 1. The van der Waals surface area contributed by atoms with Gasteiger partial charge in [-0.1, -0.05) is 29.7 Å². The molecule has 1 amide bonds. The number of anilines is 5. The van der Waals surface area contributed by atoms with Crippen molar-refractivity contribution in [1.82, 2.24) is 15.0 Å². The summed E-state index contributed by atoms with van der Waals surface area (Å²) in [5.41, 5.74) is -0.962. The van der Waals surface area contributed by atoms with Crippen molar-refractivity contribution in [3.63, 3.8) is 0 Å². The Kier molecular flexibility index (Phi) is 20.5. The Hall–Kier alpha value is -2.24. The molecule has 2 aromatic heterocycles. The van der Waals surface area contributed by atoms with Gasteiger partial charge in [0.2, 0.25) is 11.7 Å². The Bertz CT molecular complexity index is 1480. The molecule has 1 aliphatic heterocycles. The Labute approximate surface area is 313 Å². The van der Waals surface area contributed by atoms with Crippen LogP contribution in [0.2, 0.25) is 0 Å². The maximum Gasteiger partial charge on any atom is 1.00 e. The minimum absolute atomic E-state index is 0. The molecule has 0 bridgehead atoms. The van der Waals surface area contributed by atoms with Crippen LogP contribution in [0.25, 0.3) is 0 Å². The molecule has 0 spiro atoms. The van der Waals surface area contributed by atoms with Crippen LogP contribution in [0.4, 0.5) is 33.5 Å². The van der Waals surface area contributed by atoms with Crippen LogP contribution in [0, 0.1) is 5.82 Å². The molecule has 0 radical (unpaired) electrons. The van der Waals surface area contributed by atoms with Crippen LogP contribution >= 0.6 is 7.82 Å². The number of nitrogens with zero attached hydrogens (tertiary/aromatic N) is 4. The van der Waals surface area contributed by atoms with Gasteiger partial charge < -0.3 is 48.5 Å². The summed E-state index contributed by atoms with van der Waals surface area (Å²) in [6, 6.07) is 6.05. The largest absolute Gasteiger partial charge is 1.00 e. The average molecular weight is 689 g/mol. The monoisotopic (exact) mass is 688 g/mol. The van der Waals surface area contributed by atoms with E-state index in [4.69, 9.17) is 18.9 Å². The Morgan fingerprint density at radius 3 is 2.09 bits per heavy atom. The van der Waals surface area contributed by atoms with Gasteiger partial charge in [0.05, 0.1) is 35.3 Å². The Balaban J connectivity index is -0.00000308. The van der Waals surface area contributed by atoms with Crippen molar-refractivity contribution in [3.8, 4) is 23.0 Å². The van der Waals surface area contributed by atoms with Crippen molar-refractivity contribution in [2.24, 2.45) is 0 Å². The molecule has 4 rings (SSSR count). The number of phosphoric ester groups is 1. The molecule has 246 valence electrons. The minimum Gasteiger partial charge on any atom is -0.790 e. The van der Waals surface area contributed by atoms with Gasteiger partial charge in [-0.3, -0.25) is 9.69 Å². The summed E-state index contributed by atoms with van der Waals surface area (Å²) < 4.78 is 51.6. The van der Waals surface area contributed by atoms with E-state index in [0.717, 1.165) is 11.1 Å². The van der Waals surface area contributed by atoms with Gasteiger partial charge in [0, 0.05) is 17.8 Å². The molecule has 0 aliphatic carbocycles. The van der Waals surface area contributed by atoms with E-state index in [1.165, 1.54) is 47.3 Å². The number of phosphoric acid groups is 1. The first-order valence-corrected chi connectivity index (χ1v) is 12.9. The Morgan fingerprint density at radius 2 is 1.57 bits per heavy atom. The van der Waals surface area contributed by atoms with Crippen LogP contribution < -0.4 is 103 Å². The summed E-state index contributed by atoms with van der Waals surface area (Å²) >= 11 is 0. The smallest absolute Gasteiger partial charge is 0.790 e. The molecule has 0 saturated heterocycles. The van der Waals surface area contributed by atoms with E-state index in [1.807, 2.05) is 0 Å². The fraction of sp³-hybridized carbons (Fsp3) is 0.407. The number of amides is 1. The molecule has 0 atom stereocenters. The maximum absolute atomic E-state index is 14.7. The first-order chi connectivity index (χ1) is 18.8. The van der Waals surface area contributed by atoms with E-state index >= 15 is 0 Å². The molecule has 2 N–H and O–H groups in total. The summed E-state index contributed by atoms with van der Waals surface area (Å²) in [7, 11) is -1.04. The van der Waals surface area contributed by atoms with Gasteiger partial charge in [0.25, 0.3) is 5.91 Å². The molecule has 1 aliphatic rings. The third-order valence-electron chi connectivity index (χ3n) is 5.48. The van der Waals surface area contributed by atoms with Crippen molar-refractivity contribution >= 4 is 42.8 Å². The van der Waals surface area contributed by atoms with Crippen LogP contribution in [-0.4, -0.2) is 54.5 Å². The maximum atomic E-state index is 14.7. The number of methoxy groups -OCH3 is 3. The van der Waals surface area contributed by atoms with Gasteiger partial charge in [0.15, 0.2) is 40.3 Å². The zero-order valence-corrected chi connectivity index (χ0v) is 28.8. The van der Waals surface area contributed by atoms with Crippen molar-refractivity contribution in [2.75, 3.05) is 43.6 Å². The van der Waals surface area contributed by atoms with E-state index in [9.17, 15) is 23.5 Å². The average Bonchev–Trinajstić information content (AvgIpc) is 2.89. The molecule has 46 heavy (non-hydrogen) atoms. The van der Waals surface area contributed by atoms with Crippen molar-refractivity contribution in [1.29, 1.82) is 0 Å². The van der Waals surface area contributed by atoms with E-state index in [0.29, 0.717) is 22.9 Å². The second-order valence-corrected chi connectivity index (χ2v) is 9.78. The van der Waals surface area contributed by atoms with Crippen LogP contribution in [-0.2, 0) is 13.9 Å². The van der Waals surface area contributed by atoms with Gasteiger partial charge >= 0.3 is 59.1 Å². The second-order valence-electron chi connectivity index (χ2n) is 8.62. The molecule has 15 nitrogen and oxygen atoms in total. The molecule has 0 fully saturated rings. The fourth-order valence-electron chi connectivity index (χ4n) is 3.68. The van der Waals surface area contributed by atoms with Crippen molar-refractivity contribution in [3.05, 3.63) is 36.3 Å².